The monoisotopic (exact) mass is 293 g/mol. The van der Waals surface area contributed by atoms with Crippen molar-refractivity contribution in [2.75, 3.05) is 0 Å². The van der Waals surface area contributed by atoms with E-state index < -0.39 is 0 Å². The van der Waals surface area contributed by atoms with Gasteiger partial charge in [0.05, 0.1) is 5.69 Å². The highest BCUT2D eigenvalue weighted by atomic mass is 16.5. The molecule has 0 radical (unpaired) electrons. The molecular formula is C19H19NO2. The molecule has 0 saturated heterocycles. The summed E-state index contributed by atoms with van der Waals surface area (Å²) in [6, 6.07) is 16.0. The summed E-state index contributed by atoms with van der Waals surface area (Å²) >= 11 is 0. The molecule has 3 nitrogen and oxygen atoms in total. The Morgan fingerprint density at radius 2 is 1.91 bits per heavy atom. The van der Waals surface area contributed by atoms with Crippen LogP contribution in [0.25, 0.3) is 10.9 Å². The van der Waals surface area contributed by atoms with E-state index in [1.165, 1.54) is 0 Å². The molecule has 0 spiro atoms. The lowest BCUT2D eigenvalue weighted by atomic mass is 10.1. The Labute approximate surface area is 129 Å². The molecule has 2 aromatic carbocycles. The number of benzene rings is 2. The fourth-order valence-corrected chi connectivity index (χ4v) is 2.59. The molecule has 1 heterocycles. The summed E-state index contributed by atoms with van der Waals surface area (Å²) in [7, 11) is 0. The van der Waals surface area contributed by atoms with Gasteiger partial charge in [-0.05, 0) is 36.2 Å². The topological polar surface area (TPSA) is 42.1 Å². The average Bonchev–Trinajstić information content (AvgIpc) is 2.90. The molecule has 0 aliphatic heterocycles. The van der Waals surface area contributed by atoms with E-state index >= 15 is 0 Å². The van der Waals surface area contributed by atoms with Gasteiger partial charge >= 0.3 is 0 Å². The highest BCUT2D eigenvalue weighted by Gasteiger charge is 2.13. The molecule has 0 bridgehead atoms. The number of carbonyl (C=O) groups is 1. The number of ether oxygens (including phenoxy) is 1. The third kappa shape index (κ3) is 2.75. The van der Waals surface area contributed by atoms with Crippen molar-refractivity contribution in [2.45, 2.75) is 26.9 Å². The van der Waals surface area contributed by atoms with E-state index in [1.807, 2.05) is 62.4 Å². The molecular weight excluding hydrogens is 274 g/mol. The Hall–Kier alpha value is -2.55. The van der Waals surface area contributed by atoms with Gasteiger partial charge in [-0.1, -0.05) is 37.3 Å². The van der Waals surface area contributed by atoms with E-state index in [0.29, 0.717) is 18.7 Å². The number of hydrogen-bond donors (Lipinski definition) is 1. The first-order chi connectivity index (χ1) is 10.7. The van der Waals surface area contributed by atoms with E-state index in [9.17, 15) is 4.79 Å². The number of aryl methyl sites for hydroxylation is 1. The van der Waals surface area contributed by atoms with Crippen LogP contribution in [0, 0.1) is 6.92 Å². The molecule has 0 saturated carbocycles. The van der Waals surface area contributed by atoms with E-state index in [4.69, 9.17) is 4.74 Å². The zero-order valence-corrected chi connectivity index (χ0v) is 12.8. The number of ketones is 1. The smallest absolute Gasteiger partial charge is 0.179 e. The summed E-state index contributed by atoms with van der Waals surface area (Å²) in [6.45, 7) is 4.39. The predicted molar refractivity (Wildman–Crippen MR) is 88.4 cm³/mol. The Balaban J connectivity index is 1.86. The molecule has 3 heteroatoms. The van der Waals surface area contributed by atoms with Crippen LogP contribution in [0.15, 0.2) is 48.5 Å². The average molecular weight is 293 g/mol. The van der Waals surface area contributed by atoms with Crippen molar-refractivity contribution in [3.8, 4) is 5.75 Å². The molecule has 112 valence electrons. The second-order valence-corrected chi connectivity index (χ2v) is 5.38. The van der Waals surface area contributed by atoms with Gasteiger partial charge in [0.2, 0.25) is 0 Å². The minimum Gasteiger partial charge on any atom is -0.489 e. The van der Waals surface area contributed by atoms with Crippen LogP contribution in [0.4, 0.5) is 0 Å². The Morgan fingerprint density at radius 3 is 2.64 bits per heavy atom. The molecule has 1 N–H and O–H groups in total. The summed E-state index contributed by atoms with van der Waals surface area (Å²) in [5.74, 6) is 0.953. The van der Waals surface area contributed by atoms with Gasteiger partial charge in [0, 0.05) is 17.3 Å². The number of fused-ring (bicyclic) bond motifs is 1. The Morgan fingerprint density at radius 1 is 1.14 bits per heavy atom. The van der Waals surface area contributed by atoms with Crippen LogP contribution < -0.4 is 4.74 Å². The summed E-state index contributed by atoms with van der Waals surface area (Å²) in [5, 5.41) is 1.04. The third-order valence-corrected chi connectivity index (χ3v) is 3.88. The Kier molecular flexibility index (Phi) is 3.96. The number of carbonyl (C=O) groups excluding carboxylic acids is 1. The van der Waals surface area contributed by atoms with Gasteiger partial charge in [0.1, 0.15) is 12.4 Å². The van der Waals surface area contributed by atoms with Crippen LogP contribution in [0.2, 0.25) is 0 Å². The molecule has 0 unspecified atom stereocenters. The zero-order valence-electron chi connectivity index (χ0n) is 12.8. The SMILES string of the molecule is CCC(=O)c1[nH]c2ccc(OCc3ccccc3)cc2c1C. The van der Waals surface area contributed by atoms with Crippen molar-refractivity contribution in [3.05, 3.63) is 65.4 Å². The van der Waals surface area contributed by atoms with Gasteiger partial charge in [-0.3, -0.25) is 4.79 Å². The van der Waals surface area contributed by atoms with Gasteiger partial charge in [-0.15, -0.1) is 0 Å². The number of hydrogen-bond acceptors (Lipinski definition) is 2. The maximum absolute atomic E-state index is 11.9. The third-order valence-electron chi connectivity index (χ3n) is 3.88. The van der Waals surface area contributed by atoms with Crippen LogP contribution in [0.5, 0.6) is 5.75 Å². The van der Waals surface area contributed by atoms with E-state index in [2.05, 4.69) is 4.98 Å². The standard InChI is InChI=1S/C19H19NO2/c1-3-18(21)19-13(2)16-11-15(9-10-17(16)20-19)22-12-14-7-5-4-6-8-14/h4-11,20H,3,12H2,1-2H3. The molecule has 0 atom stereocenters. The lowest BCUT2D eigenvalue weighted by molar-refractivity contribution is 0.0983. The highest BCUT2D eigenvalue weighted by molar-refractivity contribution is 6.02. The molecule has 3 rings (SSSR count). The zero-order chi connectivity index (χ0) is 15.5. The molecule has 1 aromatic heterocycles. The Bertz CT molecular complexity index is 803. The molecule has 22 heavy (non-hydrogen) atoms. The lowest BCUT2D eigenvalue weighted by Crippen LogP contribution is -1.98. The maximum Gasteiger partial charge on any atom is 0.179 e. The van der Waals surface area contributed by atoms with E-state index in [0.717, 1.165) is 27.8 Å². The van der Waals surface area contributed by atoms with Crippen LogP contribution in [0.3, 0.4) is 0 Å². The summed E-state index contributed by atoms with van der Waals surface area (Å²) in [4.78, 5) is 15.1. The summed E-state index contributed by atoms with van der Waals surface area (Å²) in [6.07, 6.45) is 0.505. The van der Waals surface area contributed by atoms with Crippen molar-refractivity contribution in [3.63, 3.8) is 0 Å². The fourth-order valence-electron chi connectivity index (χ4n) is 2.59. The van der Waals surface area contributed by atoms with Crippen molar-refractivity contribution < 1.29 is 9.53 Å². The first kappa shape index (κ1) is 14.4. The van der Waals surface area contributed by atoms with Gasteiger partial charge in [0.25, 0.3) is 0 Å². The number of aromatic nitrogens is 1. The second kappa shape index (κ2) is 6.06. The molecule has 0 aliphatic rings. The van der Waals surface area contributed by atoms with Gasteiger partial charge in [0.15, 0.2) is 5.78 Å². The first-order valence-corrected chi connectivity index (χ1v) is 7.51. The van der Waals surface area contributed by atoms with Crippen molar-refractivity contribution in [2.24, 2.45) is 0 Å². The minimum atomic E-state index is 0.139. The molecule has 0 amide bonds. The second-order valence-electron chi connectivity index (χ2n) is 5.38. The maximum atomic E-state index is 11.9. The quantitative estimate of drug-likeness (QED) is 0.696. The van der Waals surface area contributed by atoms with Gasteiger partial charge in [-0.2, -0.15) is 0 Å². The fraction of sp³-hybridized carbons (Fsp3) is 0.211. The lowest BCUT2D eigenvalue weighted by Gasteiger charge is -2.06. The van der Waals surface area contributed by atoms with Crippen molar-refractivity contribution in [1.82, 2.24) is 4.98 Å². The number of aromatic amines is 1. The number of nitrogens with one attached hydrogen (secondary N) is 1. The molecule has 0 aliphatic carbocycles. The largest absolute Gasteiger partial charge is 0.489 e. The highest BCUT2D eigenvalue weighted by Crippen LogP contribution is 2.27. The van der Waals surface area contributed by atoms with Crippen LogP contribution >= 0.6 is 0 Å². The molecule has 3 aromatic rings. The molecule has 0 fully saturated rings. The van der Waals surface area contributed by atoms with Crippen LogP contribution in [0.1, 0.15) is 35.0 Å². The predicted octanol–water partition coefficient (Wildman–Crippen LogP) is 4.65. The minimum absolute atomic E-state index is 0.139. The van der Waals surface area contributed by atoms with Crippen LogP contribution in [-0.4, -0.2) is 10.8 Å². The van der Waals surface area contributed by atoms with E-state index in [1.54, 1.807) is 0 Å². The summed E-state index contributed by atoms with van der Waals surface area (Å²) < 4.78 is 5.85. The van der Waals surface area contributed by atoms with Crippen molar-refractivity contribution in [1.29, 1.82) is 0 Å². The number of rotatable bonds is 5. The van der Waals surface area contributed by atoms with Gasteiger partial charge in [-0.25, -0.2) is 0 Å². The van der Waals surface area contributed by atoms with Crippen LogP contribution in [-0.2, 0) is 6.61 Å². The normalized spacial score (nSPS) is 10.8. The number of H-pyrrole nitrogens is 1. The number of Topliss-reactive ketones (excluding diaryl/α,β-unsaturated/α-hetero) is 1. The first-order valence-electron chi connectivity index (χ1n) is 7.51. The van der Waals surface area contributed by atoms with E-state index in [-0.39, 0.29) is 5.78 Å². The van der Waals surface area contributed by atoms with Gasteiger partial charge < -0.3 is 9.72 Å². The van der Waals surface area contributed by atoms with Crippen molar-refractivity contribution >= 4 is 16.7 Å². The summed E-state index contributed by atoms with van der Waals surface area (Å²) in [5.41, 5.74) is 3.81.